The third-order valence-electron chi connectivity index (χ3n) is 5.06. The van der Waals surface area contributed by atoms with Gasteiger partial charge in [-0.15, -0.1) is 0 Å². The van der Waals surface area contributed by atoms with Gasteiger partial charge in [-0.3, -0.25) is 4.79 Å². The molecule has 0 aliphatic carbocycles. The first-order chi connectivity index (χ1) is 13.3. The smallest absolute Gasteiger partial charge is 0.223 e. The summed E-state index contributed by atoms with van der Waals surface area (Å²) < 4.78 is 40.5. The molecule has 1 N–H and O–H groups in total. The number of aryl methyl sites for hydroxylation is 1. The molecule has 1 fully saturated rings. The van der Waals surface area contributed by atoms with Crippen LogP contribution in [-0.4, -0.2) is 31.7 Å². The summed E-state index contributed by atoms with van der Waals surface area (Å²) in [5.74, 6) is -0.783. The molecule has 0 bridgehead atoms. The number of halogens is 1. The molecule has 1 aliphatic rings. The second-order valence-electron chi connectivity index (χ2n) is 7.23. The van der Waals surface area contributed by atoms with Gasteiger partial charge in [0.25, 0.3) is 0 Å². The van der Waals surface area contributed by atoms with E-state index in [1.54, 1.807) is 18.2 Å². The maximum atomic E-state index is 13.6. The third kappa shape index (κ3) is 5.17. The quantitative estimate of drug-likeness (QED) is 0.805. The van der Waals surface area contributed by atoms with E-state index in [9.17, 15) is 17.6 Å². The highest BCUT2D eigenvalue weighted by Gasteiger charge is 2.31. The van der Waals surface area contributed by atoms with Crippen molar-refractivity contribution in [2.75, 3.05) is 13.1 Å². The summed E-state index contributed by atoms with van der Waals surface area (Å²) in [6.07, 6.45) is 0.937. The molecule has 0 saturated carbocycles. The van der Waals surface area contributed by atoms with Crippen LogP contribution in [0.5, 0.6) is 0 Å². The molecule has 0 aromatic heterocycles. The summed E-state index contributed by atoms with van der Waals surface area (Å²) in [5.41, 5.74) is 2.23. The lowest BCUT2D eigenvalue weighted by Crippen LogP contribution is -2.43. The molecule has 1 saturated heterocycles. The predicted molar refractivity (Wildman–Crippen MR) is 106 cm³/mol. The van der Waals surface area contributed by atoms with Crippen LogP contribution in [0.2, 0.25) is 0 Å². The van der Waals surface area contributed by atoms with Crippen LogP contribution in [0.25, 0.3) is 0 Å². The molecule has 2 aromatic rings. The summed E-state index contributed by atoms with van der Waals surface area (Å²) in [6.45, 7) is 2.72. The number of hydrogen-bond donors (Lipinski definition) is 1. The molecule has 5 nitrogen and oxygen atoms in total. The molecule has 0 spiro atoms. The Bertz CT molecular complexity index is 938. The number of nitrogens with one attached hydrogen (secondary N) is 1. The molecule has 1 aliphatic heterocycles. The van der Waals surface area contributed by atoms with E-state index in [1.807, 2.05) is 31.2 Å². The molecular formula is C21H25FN2O3S. The monoisotopic (exact) mass is 404 g/mol. The van der Waals surface area contributed by atoms with Crippen molar-refractivity contribution in [3.63, 3.8) is 0 Å². The van der Waals surface area contributed by atoms with Crippen molar-refractivity contribution in [3.8, 4) is 0 Å². The second-order valence-corrected chi connectivity index (χ2v) is 9.20. The molecule has 0 atom stereocenters. The van der Waals surface area contributed by atoms with Crippen molar-refractivity contribution < 1.29 is 17.6 Å². The van der Waals surface area contributed by atoms with Crippen LogP contribution < -0.4 is 5.32 Å². The fourth-order valence-corrected chi connectivity index (χ4v) is 5.02. The normalized spacial score (nSPS) is 16.1. The summed E-state index contributed by atoms with van der Waals surface area (Å²) in [5, 5.41) is 2.76. The van der Waals surface area contributed by atoms with Crippen LogP contribution in [0, 0.1) is 18.7 Å². The number of sulfonamides is 1. The maximum absolute atomic E-state index is 13.6. The van der Waals surface area contributed by atoms with Crippen LogP contribution in [0.15, 0.2) is 48.5 Å². The SMILES string of the molecule is Cc1cccc(CS(=O)(=O)N2CCC(C(=O)NCc3ccccc3F)CC2)c1. The van der Waals surface area contributed by atoms with Gasteiger partial charge in [0.1, 0.15) is 5.82 Å². The molecule has 28 heavy (non-hydrogen) atoms. The lowest BCUT2D eigenvalue weighted by molar-refractivity contribution is -0.126. The molecule has 150 valence electrons. The van der Waals surface area contributed by atoms with Crippen LogP contribution in [0.1, 0.15) is 29.5 Å². The first kappa shape index (κ1) is 20.5. The average Bonchev–Trinajstić information content (AvgIpc) is 2.67. The standard InChI is InChI=1S/C21H25FN2O3S/c1-16-5-4-6-17(13-16)15-28(26,27)24-11-9-18(10-12-24)21(25)23-14-19-7-2-3-8-20(19)22/h2-8,13,18H,9-12,14-15H2,1H3,(H,23,25). The number of nitrogens with zero attached hydrogens (tertiary/aromatic N) is 1. The van der Waals surface area contributed by atoms with Crippen molar-refractivity contribution in [2.24, 2.45) is 5.92 Å². The predicted octanol–water partition coefficient (Wildman–Crippen LogP) is 2.99. The minimum atomic E-state index is -3.41. The Kier molecular flexibility index (Phi) is 6.46. The molecule has 0 radical (unpaired) electrons. The molecule has 0 unspecified atom stereocenters. The number of carbonyl (C=O) groups excluding carboxylic acids is 1. The Balaban J connectivity index is 1.52. The van der Waals surface area contributed by atoms with E-state index in [2.05, 4.69) is 5.32 Å². The van der Waals surface area contributed by atoms with E-state index in [4.69, 9.17) is 0 Å². The van der Waals surface area contributed by atoms with Gasteiger partial charge in [0, 0.05) is 31.1 Å². The number of carbonyl (C=O) groups is 1. The van der Waals surface area contributed by atoms with E-state index < -0.39 is 10.0 Å². The van der Waals surface area contributed by atoms with Crippen LogP contribution in [0.3, 0.4) is 0 Å². The zero-order chi connectivity index (χ0) is 20.1. The minimum Gasteiger partial charge on any atom is -0.352 e. The first-order valence-corrected chi connectivity index (χ1v) is 11.0. The molecule has 3 rings (SSSR count). The van der Waals surface area contributed by atoms with E-state index in [0.717, 1.165) is 11.1 Å². The van der Waals surface area contributed by atoms with Crippen molar-refractivity contribution >= 4 is 15.9 Å². The van der Waals surface area contributed by atoms with Gasteiger partial charge in [0.2, 0.25) is 15.9 Å². The van der Waals surface area contributed by atoms with Crippen LogP contribution in [0.4, 0.5) is 4.39 Å². The third-order valence-corrected chi connectivity index (χ3v) is 6.91. The highest BCUT2D eigenvalue weighted by Crippen LogP contribution is 2.22. The lowest BCUT2D eigenvalue weighted by atomic mass is 9.97. The number of rotatable bonds is 6. The number of amides is 1. The van der Waals surface area contributed by atoms with E-state index in [0.29, 0.717) is 31.5 Å². The summed E-state index contributed by atoms with van der Waals surface area (Å²) in [7, 11) is -3.41. The number of hydrogen-bond acceptors (Lipinski definition) is 3. The number of benzene rings is 2. The average molecular weight is 405 g/mol. The summed E-state index contributed by atoms with van der Waals surface area (Å²) >= 11 is 0. The van der Waals surface area contributed by atoms with Gasteiger partial charge in [0.05, 0.1) is 5.75 Å². The Labute approximate surface area is 165 Å². The van der Waals surface area contributed by atoms with Crippen LogP contribution >= 0.6 is 0 Å². The molecule has 2 aromatic carbocycles. The Morgan fingerprint density at radius 3 is 2.54 bits per heavy atom. The Morgan fingerprint density at radius 2 is 1.86 bits per heavy atom. The first-order valence-electron chi connectivity index (χ1n) is 9.39. The molecule has 1 amide bonds. The zero-order valence-electron chi connectivity index (χ0n) is 15.9. The van der Waals surface area contributed by atoms with E-state index >= 15 is 0 Å². The van der Waals surface area contributed by atoms with Gasteiger partial charge in [-0.05, 0) is 31.4 Å². The highest BCUT2D eigenvalue weighted by atomic mass is 32.2. The number of piperidine rings is 1. The van der Waals surface area contributed by atoms with Crippen molar-refractivity contribution in [2.45, 2.75) is 32.1 Å². The fourth-order valence-electron chi connectivity index (χ4n) is 3.47. The zero-order valence-corrected chi connectivity index (χ0v) is 16.7. The molecule has 1 heterocycles. The van der Waals surface area contributed by atoms with Crippen molar-refractivity contribution in [1.82, 2.24) is 9.62 Å². The molecule has 7 heteroatoms. The van der Waals surface area contributed by atoms with E-state index in [1.165, 1.54) is 10.4 Å². The van der Waals surface area contributed by atoms with E-state index in [-0.39, 0.29) is 29.9 Å². The second kappa shape index (κ2) is 8.84. The van der Waals surface area contributed by atoms with Gasteiger partial charge in [-0.1, -0.05) is 48.0 Å². The summed E-state index contributed by atoms with van der Waals surface area (Å²) in [4.78, 5) is 12.4. The maximum Gasteiger partial charge on any atom is 0.223 e. The van der Waals surface area contributed by atoms with Gasteiger partial charge in [-0.25, -0.2) is 17.1 Å². The molecular weight excluding hydrogens is 379 g/mol. The van der Waals surface area contributed by atoms with Gasteiger partial charge in [-0.2, -0.15) is 0 Å². The minimum absolute atomic E-state index is 0.0289. The van der Waals surface area contributed by atoms with Crippen molar-refractivity contribution in [3.05, 3.63) is 71.0 Å². The van der Waals surface area contributed by atoms with Crippen LogP contribution in [-0.2, 0) is 27.1 Å². The Hall–Kier alpha value is -2.25. The lowest BCUT2D eigenvalue weighted by Gasteiger charge is -2.30. The van der Waals surface area contributed by atoms with Gasteiger partial charge in [0.15, 0.2) is 0 Å². The highest BCUT2D eigenvalue weighted by molar-refractivity contribution is 7.88. The Morgan fingerprint density at radius 1 is 1.14 bits per heavy atom. The fraction of sp³-hybridized carbons (Fsp3) is 0.381. The largest absolute Gasteiger partial charge is 0.352 e. The topological polar surface area (TPSA) is 66.5 Å². The van der Waals surface area contributed by atoms with Gasteiger partial charge < -0.3 is 5.32 Å². The van der Waals surface area contributed by atoms with Crippen molar-refractivity contribution in [1.29, 1.82) is 0 Å². The van der Waals surface area contributed by atoms with Gasteiger partial charge >= 0.3 is 0 Å². The summed E-state index contributed by atoms with van der Waals surface area (Å²) in [6, 6.07) is 13.8.